The molecule has 25 heavy (non-hydrogen) atoms. The van der Waals surface area contributed by atoms with E-state index in [4.69, 9.17) is 16.3 Å². The van der Waals surface area contributed by atoms with Gasteiger partial charge in [-0.2, -0.15) is 0 Å². The molecule has 0 radical (unpaired) electrons. The second-order valence-corrected chi connectivity index (χ2v) is 5.77. The molecule has 0 spiro atoms. The first-order chi connectivity index (χ1) is 12.1. The zero-order chi connectivity index (χ0) is 17.6. The highest BCUT2D eigenvalue weighted by molar-refractivity contribution is 6.30. The maximum Gasteiger partial charge on any atom is 0.257 e. The molecule has 0 aliphatic rings. The van der Waals surface area contributed by atoms with Crippen LogP contribution >= 0.6 is 11.6 Å². The molecule has 0 atom stereocenters. The van der Waals surface area contributed by atoms with E-state index in [9.17, 15) is 9.59 Å². The Morgan fingerprint density at radius 3 is 2.36 bits per heavy atom. The van der Waals surface area contributed by atoms with E-state index in [-0.39, 0.29) is 11.5 Å². The summed E-state index contributed by atoms with van der Waals surface area (Å²) in [4.78, 5) is 25.6. The molecule has 0 unspecified atom stereocenters. The summed E-state index contributed by atoms with van der Waals surface area (Å²) in [6.45, 7) is 0.431. The van der Waals surface area contributed by atoms with Gasteiger partial charge in [-0.3, -0.25) is 9.59 Å². The lowest BCUT2D eigenvalue weighted by Gasteiger charge is -2.08. The van der Waals surface area contributed by atoms with Crippen LogP contribution in [-0.2, 0) is 6.61 Å². The van der Waals surface area contributed by atoms with Crippen LogP contribution in [0.2, 0.25) is 5.02 Å². The maximum atomic E-state index is 12.1. The Bertz CT molecular complexity index is 898. The third-order valence-corrected chi connectivity index (χ3v) is 3.73. The van der Waals surface area contributed by atoms with Crippen LogP contribution < -0.4 is 15.6 Å². The van der Waals surface area contributed by atoms with Crippen LogP contribution in [-0.4, -0.2) is 10.9 Å². The van der Waals surface area contributed by atoms with Crippen LogP contribution in [0.15, 0.2) is 71.7 Å². The van der Waals surface area contributed by atoms with E-state index in [1.165, 1.54) is 18.3 Å². The van der Waals surface area contributed by atoms with Gasteiger partial charge in [-0.15, -0.1) is 0 Å². The quantitative estimate of drug-likeness (QED) is 0.730. The number of amides is 1. The summed E-state index contributed by atoms with van der Waals surface area (Å²) in [5, 5.41) is 3.44. The first-order valence-electron chi connectivity index (χ1n) is 7.57. The van der Waals surface area contributed by atoms with Gasteiger partial charge in [0.15, 0.2) is 0 Å². The number of carbonyl (C=O) groups is 1. The molecule has 0 aliphatic heterocycles. The number of carbonyl (C=O) groups excluding carboxylic acids is 1. The van der Waals surface area contributed by atoms with Crippen molar-refractivity contribution >= 4 is 23.2 Å². The van der Waals surface area contributed by atoms with E-state index >= 15 is 0 Å². The number of rotatable bonds is 5. The van der Waals surface area contributed by atoms with Crippen molar-refractivity contribution in [3.63, 3.8) is 0 Å². The molecule has 0 aliphatic carbocycles. The van der Waals surface area contributed by atoms with Gasteiger partial charge in [0.1, 0.15) is 12.4 Å². The average molecular weight is 355 g/mol. The highest BCUT2D eigenvalue weighted by Gasteiger charge is 2.06. The van der Waals surface area contributed by atoms with Crippen molar-refractivity contribution in [1.29, 1.82) is 0 Å². The Kier molecular flexibility index (Phi) is 5.16. The standard InChI is InChI=1S/C19H15ClN2O3/c20-15-4-1-13(2-5-15)12-25-17-8-6-16(7-9-17)22-19(24)14-3-10-18(23)21-11-14/h1-11H,12H2,(H,21,23)(H,22,24). The lowest BCUT2D eigenvalue weighted by molar-refractivity contribution is 0.102. The third kappa shape index (κ3) is 4.71. The van der Waals surface area contributed by atoms with Crippen LogP contribution in [0.4, 0.5) is 5.69 Å². The number of benzene rings is 2. The first kappa shape index (κ1) is 16.8. The Hall–Kier alpha value is -3.05. The molecule has 3 aromatic rings. The summed E-state index contributed by atoms with van der Waals surface area (Å²) in [5.74, 6) is 0.392. The molecular weight excluding hydrogens is 340 g/mol. The van der Waals surface area contributed by atoms with Gasteiger partial charge >= 0.3 is 0 Å². The fourth-order valence-corrected chi connectivity index (χ4v) is 2.26. The molecule has 5 nitrogen and oxygen atoms in total. The lowest BCUT2D eigenvalue weighted by atomic mass is 10.2. The molecule has 0 bridgehead atoms. The molecule has 2 N–H and O–H groups in total. The number of hydrogen-bond acceptors (Lipinski definition) is 3. The van der Waals surface area contributed by atoms with Gasteiger partial charge in [0.25, 0.3) is 5.91 Å². The van der Waals surface area contributed by atoms with E-state index in [1.807, 2.05) is 24.3 Å². The van der Waals surface area contributed by atoms with Gasteiger partial charge in [-0.25, -0.2) is 0 Å². The van der Waals surface area contributed by atoms with Gasteiger partial charge in [0, 0.05) is 23.0 Å². The topological polar surface area (TPSA) is 71.2 Å². The van der Waals surface area contributed by atoms with Crippen molar-refractivity contribution in [2.75, 3.05) is 5.32 Å². The van der Waals surface area contributed by atoms with Crippen LogP contribution in [0.25, 0.3) is 0 Å². The minimum atomic E-state index is -0.300. The summed E-state index contributed by atoms with van der Waals surface area (Å²) < 4.78 is 5.69. The Labute approximate surface area is 149 Å². The number of H-pyrrole nitrogens is 1. The van der Waals surface area contributed by atoms with Crippen LogP contribution in [0.1, 0.15) is 15.9 Å². The Morgan fingerprint density at radius 2 is 1.72 bits per heavy atom. The van der Waals surface area contributed by atoms with Gasteiger partial charge < -0.3 is 15.0 Å². The monoisotopic (exact) mass is 354 g/mol. The Morgan fingerprint density at radius 1 is 1.00 bits per heavy atom. The van der Waals surface area contributed by atoms with Crippen molar-refractivity contribution in [2.45, 2.75) is 6.61 Å². The first-order valence-corrected chi connectivity index (χ1v) is 7.95. The highest BCUT2D eigenvalue weighted by Crippen LogP contribution is 2.18. The number of aromatic nitrogens is 1. The molecule has 0 saturated carbocycles. The summed E-state index contributed by atoms with van der Waals surface area (Å²) in [6, 6.07) is 17.3. The van der Waals surface area contributed by atoms with E-state index < -0.39 is 0 Å². The van der Waals surface area contributed by atoms with Crippen molar-refractivity contribution in [3.05, 3.63) is 93.4 Å². The van der Waals surface area contributed by atoms with Crippen LogP contribution in [0.3, 0.4) is 0 Å². The second kappa shape index (κ2) is 7.68. The van der Waals surface area contributed by atoms with Crippen molar-refractivity contribution < 1.29 is 9.53 Å². The average Bonchev–Trinajstić information content (AvgIpc) is 2.63. The molecule has 0 fully saturated rings. The van der Waals surface area contributed by atoms with Crippen LogP contribution in [0.5, 0.6) is 5.75 Å². The maximum absolute atomic E-state index is 12.1. The minimum absolute atomic E-state index is 0.251. The molecule has 1 aromatic heterocycles. The summed E-state index contributed by atoms with van der Waals surface area (Å²) in [5.41, 5.74) is 1.77. The molecule has 2 aromatic carbocycles. The number of anilines is 1. The smallest absolute Gasteiger partial charge is 0.257 e. The fourth-order valence-electron chi connectivity index (χ4n) is 2.14. The molecule has 1 amide bonds. The van der Waals surface area contributed by atoms with Crippen LogP contribution in [0, 0.1) is 0 Å². The van der Waals surface area contributed by atoms with Gasteiger partial charge in [0.2, 0.25) is 5.56 Å². The van der Waals surface area contributed by atoms with E-state index in [2.05, 4.69) is 10.3 Å². The normalized spacial score (nSPS) is 10.3. The lowest BCUT2D eigenvalue weighted by Crippen LogP contribution is -2.14. The molecular formula is C19H15ClN2O3. The summed E-state index contributed by atoms with van der Waals surface area (Å²) in [6.07, 6.45) is 1.38. The molecule has 126 valence electrons. The molecule has 0 saturated heterocycles. The number of nitrogens with one attached hydrogen (secondary N) is 2. The summed E-state index contributed by atoms with van der Waals surface area (Å²) in [7, 11) is 0. The molecule has 1 heterocycles. The zero-order valence-electron chi connectivity index (χ0n) is 13.2. The van der Waals surface area contributed by atoms with E-state index in [1.54, 1.807) is 24.3 Å². The van der Waals surface area contributed by atoms with Crippen molar-refractivity contribution in [1.82, 2.24) is 4.98 Å². The Balaban J connectivity index is 1.58. The van der Waals surface area contributed by atoms with Gasteiger partial charge in [0.05, 0.1) is 5.56 Å². The highest BCUT2D eigenvalue weighted by atomic mass is 35.5. The number of aromatic amines is 1. The molecule has 6 heteroatoms. The predicted octanol–water partition coefficient (Wildman–Crippen LogP) is 3.86. The van der Waals surface area contributed by atoms with Gasteiger partial charge in [-0.05, 0) is 48.0 Å². The number of ether oxygens (including phenoxy) is 1. The van der Waals surface area contributed by atoms with Gasteiger partial charge in [-0.1, -0.05) is 23.7 Å². The summed E-state index contributed by atoms with van der Waals surface area (Å²) >= 11 is 5.85. The SMILES string of the molecule is O=C(Nc1ccc(OCc2ccc(Cl)cc2)cc1)c1ccc(=O)[nH]c1. The van der Waals surface area contributed by atoms with E-state index in [0.29, 0.717) is 28.6 Å². The minimum Gasteiger partial charge on any atom is -0.489 e. The fraction of sp³-hybridized carbons (Fsp3) is 0.0526. The third-order valence-electron chi connectivity index (χ3n) is 3.48. The van der Waals surface area contributed by atoms with Crippen molar-refractivity contribution in [3.8, 4) is 5.75 Å². The zero-order valence-corrected chi connectivity index (χ0v) is 13.9. The van der Waals surface area contributed by atoms with Crippen molar-refractivity contribution in [2.24, 2.45) is 0 Å². The predicted molar refractivity (Wildman–Crippen MR) is 97.2 cm³/mol. The number of halogens is 1. The largest absolute Gasteiger partial charge is 0.489 e. The number of hydrogen-bond donors (Lipinski definition) is 2. The van der Waals surface area contributed by atoms with E-state index in [0.717, 1.165) is 5.56 Å². The second-order valence-electron chi connectivity index (χ2n) is 5.34. The number of pyridine rings is 1. The molecule has 3 rings (SSSR count).